The van der Waals surface area contributed by atoms with Crippen LogP contribution in [0.2, 0.25) is 0 Å². The lowest BCUT2D eigenvalue weighted by molar-refractivity contribution is 0.672. The molecule has 0 N–H and O–H groups in total. The lowest BCUT2D eigenvalue weighted by Crippen LogP contribution is -1.96. The Morgan fingerprint density at radius 3 is 1.73 bits per heavy atom. The van der Waals surface area contributed by atoms with Gasteiger partial charge in [-0.1, -0.05) is 152 Å². The van der Waals surface area contributed by atoms with Crippen LogP contribution in [0.15, 0.2) is 174 Å². The molecule has 236 valence electrons. The molecular weight excluding hydrogens is 621 g/mol. The van der Waals surface area contributed by atoms with Crippen molar-refractivity contribution in [1.29, 1.82) is 0 Å². The Morgan fingerprint density at radius 2 is 0.922 bits per heavy atom. The monoisotopic (exact) mass is 648 g/mol. The van der Waals surface area contributed by atoms with Crippen LogP contribution in [0.4, 0.5) is 0 Å². The van der Waals surface area contributed by atoms with Crippen molar-refractivity contribution in [3.05, 3.63) is 170 Å². The number of aromatic nitrogens is 2. The molecule has 0 atom stereocenters. The van der Waals surface area contributed by atoms with Crippen LogP contribution < -0.4 is 0 Å². The van der Waals surface area contributed by atoms with Gasteiger partial charge in [-0.2, -0.15) is 0 Å². The van der Waals surface area contributed by atoms with Gasteiger partial charge in [0.1, 0.15) is 11.2 Å². The van der Waals surface area contributed by atoms with Crippen molar-refractivity contribution < 1.29 is 4.42 Å². The summed E-state index contributed by atoms with van der Waals surface area (Å²) in [6.07, 6.45) is 0. The van der Waals surface area contributed by atoms with Gasteiger partial charge < -0.3 is 4.42 Å². The van der Waals surface area contributed by atoms with Gasteiger partial charge in [-0.15, -0.1) is 0 Å². The first-order valence-electron chi connectivity index (χ1n) is 17.3. The number of fused-ring (bicyclic) bond motifs is 8. The lowest BCUT2D eigenvalue weighted by atomic mass is 9.89. The number of nitrogens with zero attached hydrogens (tertiary/aromatic N) is 2. The molecule has 8 aromatic carbocycles. The zero-order chi connectivity index (χ0) is 33.5. The van der Waals surface area contributed by atoms with Crippen LogP contribution in [0.25, 0.3) is 111 Å². The first kappa shape index (κ1) is 28.0. The number of furan rings is 1. The molecule has 0 amide bonds. The van der Waals surface area contributed by atoms with Gasteiger partial charge in [-0.05, 0) is 62.4 Å². The third-order valence-corrected chi connectivity index (χ3v) is 10.4. The third-order valence-electron chi connectivity index (χ3n) is 10.4. The third kappa shape index (κ3) is 4.19. The van der Waals surface area contributed by atoms with E-state index in [0.717, 1.165) is 60.8 Å². The summed E-state index contributed by atoms with van der Waals surface area (Å²) in [5.41, 5.74) is 14.3. The Bertz CT molecular complexity index is 2960. The molecule has 0 bridgehead atoms. The predicted octanol–water partition coefficient (Wildman–Crippen LogP) is 13.0. The molecule has 10 aromatic rings. The van der Waals surface area contributed by atoms with Crippen LogP contribution in [0, 0.1) is 0 Å². The molecule has 3 heteroatoms. The Labute approximate surface area is 294 Å². The van der Waals surface area contributed by atoms with Crippen molar-refractivity contribution >= 4 is 43.5 Å². The highest BCUT2D eigenvalue weighted by Crippen LogP contribution is 2.54. The number of benzene rings is 8. The molecule has 0 radical (unpaired) electrons. The average Bonchev–Trinajstić information content (AvgIpc) is 3.75. The van der Waals surface area contributed by atoms with Crippen molar-refractivity contribution in [2.45, 2.75) is 0 Å². The summed E-state index contributed by atoms with van der Waals surface area (Å²) in [6, 6.07) is 60.1. The molecule has 0 saturated carbocycles. The summed E-state index contributed by atoms with van der Waals surface area (Å²) in [6.45, 7) is 0. The topological polar surface area (TPSA) is 38.9 Å². The predicted molar refractivity (Wildman–Crippen MR) is 210 cm³/mol. The number of rotatable bonds is 4. The summed E-state index contributed by atoms with van der Waals surface area (Å²) in [7, 11) is 0. The van der Waals surface area contributed by atoms with E-state index in [2.05, 4.69) is 140 Å². The molecule has 0 fully saturated rings. The molecule has 3 nitrogen and oxygen atoms in total. The Kier molecular flexibility index (Phi) is 5.96. The van der Waals surface area contributed by atoms with Gasteiger partial charge in [0.25, 0.3) is 0 Å². The second-order valence-electron chi connectivity index (χ2n) is 13.3. The van der Waals surface area contributed by atoms with Crippen LogP contribution in [0.5, 0.6) is 0 Å². The maximum atomic E-state index is 6.49. The zero-order valence-electron chi connectivity index (χ0n) is 27.5. The molecule has 51 heavy (non-hydrogen) atoms. The van der Waals surface area contributed by atoms with E-state index in [4.69, 9.17) is 14.4 Å². The standard InChI is InChI=1S/C48H28N2O/c1-3-13-29(14-4-1)42-28-43(50-48(49-42)30-15-5-2-6-16-30)34-21-10-18-31-32(34)19-9-20-33(31)36-22-11-23-37-40-27-41-35-17-7-8-26-44(35)51-47(41)39-25-12-24-38(45(36)37)46(39)40/h1-28H. The average molecular weight is 649 g/mol. The highest BCUT2D eigenvalue weighted by Gasteiger charge is 2.27. The maximum absolute atomic E-state index is 6.49. The van der Waals surface area contributed by atoms with Gasteiger partial charge in [0.15, 0.2) is 5.82 Å². The summed E-state index contributed by atoms with van der Waals surface area (Å²) in [5.74, 6) is 0.713. The minimum absolute atomic E-state index is 0.713. The maximum Gasteiger partial charge on any atom is 0.160 e. The second kappa shape index (κ2) is 10.8. The van der Waals surface area contributed by atoms with Crippen molar-refractivity contribution in [1.82, 2.24) is 9.97 Å². The van der Waals surface area contributed by atoms with Gasteiger partial charge >= 0.3 is 0 Å². The minimum atomic E-state index is 0.713. The second-order valence-corrected chi connectivity index (χ2v) is 13.3. The molecule has 0 spiro atoms. The van der Waals surface area contributed by atoms with E-state index in [-0.39, 0.29) is 0 Å². The number of para-hydroxylation sites is 1. The Balaban J connectivity index is 1.13. The van der Waals surface area contributed by atoms with Crippen LogP contribution >= 0.6 is 0 Å². The summed E-state index contributed by atoms with van der Waals surface area (Å²) < 4.78 is 6.49. The Hall–Kier alpha value is -6.84. The van der Waals surface area contributed by atoms with Gasteiger partial charge in [-0.3, -0.25) is 0 Å². The van der Waals surface area contributed by atoms with Gasteiger partial charge in [0, 0.05) is 38.2 Å². The van der Waals surface area contributed by atoms with Crippen molar-refractivity contribution in [3.63, 3.8) is 0 Å². The van der Waals surface area contributed by atoms with E-state index in [9.17, 15) is 0 Å². The van der Waals surface area contributed by atoms with E-state index in [1.807, 2.05) is 30.3 Å². The minimum Gasteiger partial charge on any atom is -0.455 e. The van der Waals surface area contributed by atoms with E-state index in [0.29, 0.717) is 5.82 Å². The zero-order valence-corrected chi connectivity index (χ0v) is 27.5. The van der Waals surface area contributed by atoms with Crippen LogP contribution in [-0.4, -0.2) is 9.97 Å². The van der Waals surface area contributed by atoms with E-state index < -0.39 is 0 Å². The fraction of sp³-hybridized carbons (Fsp3) is 0. The summed E-state index contributed by atoms with van der Waals surface area (Å²) in [5, 5.41) is 7.07. The normalized spacial score (nSPS) is 11.9. The number of hydrogen-bond donors (Lipinski definition) is 0. The largest absolute Gasteiger partial charge is 0.455 e. The molecule has 2 heterocycles. The van der Waals surface area contributed by atoms with Crippen molar-refractivity contribution in [2.75, 3.05) is 0 Å². The van der Waals surface area contributed by atoms with Gasteiger partial charge in [-0.25, -0.2) is 9.97 Å². The molecule has 1 aliphatic rings. The highest BCUT2D eigenvalue weighted by atomic mass is 16.3. The molecule has 0 unspecified atom stereocenters. The molecular formula is C48H28N2O. The van der Waals surface area contributed by atoms with E-state index >= 15 is 0 Å². The van der Waals surface area contributed by atoms with E-state index in [1.165, 1.54) is 44.2 Å². The van der Waals surface area contributed by atoms with Crippen LogP contribution in [0.1, 0.15) is 0 Å². The fourth-order valence-electron chi connectivity index (χ4n) is 8.20. The molecule has 0 saturated heterocycles. The lowest BCUT2D eigenvalue weighted by Gasteiger charge is -2.15. The van der Waals surface area contributed by atoms with Crippen molar-refractivity contribution in [3.8, 4) is 67.3 Å². The summed E-state index contributed by atoms with van der Waals surface area (Å²) >= 11 is 0. The van der Waals surface area contributed by atoms with E-state index in [1.54, 1.807) is 0 Å². The molecule has 11 rings (SSSR count). The van der Waals surface area contributed by atoms with Crippen molar-refractivity contribution in [2.24, 2.45) is 0 Å². The fourth-order valence-corrected chi connectivity index (χ4v) is 8.20. The SMILES string of the molecule is c1ccc(-c2cc(-c3cccc4c(-c5cccc6c5-c5cccc7c5c-6cc5c6ccccc6oc75)cccc34)nc(-c3ccccc3)n2)cc1. The van der Waals surface area contributed by atoms with Gasteiger partial charge in [0.05, 0.1) is 11.4 Å². The smallest absolute Gasteiger partial charge is 0.160 e. The van der Waals surface area contributed by atoms with Crippen LogP contribution in [0.3, 0.4) is 0 Å². The Morgan fingerprint density at radius 1 is 0.353 bits per heavy atom. The van der Waals surface area contributed by atoms with Crippen LogP contribution in [-0.2, 0) is 0 Å². The highest BCUT2D eigenvalue weighted by molar-refractivity contribution is 6.27. The molecule has 0 aliphatic heterocycles. The van der Waals surface area contributed by atoms with Gasteiger partial charge in [0.2, 0.25) is 0 Å². The molecule has 1 aliphatic carbocycles. The molecule has 2 aromatic heterocycles. The summed E-state index contributed by atoms with van der Waals surface area (Å²) in [4.78, 5) is 10.2. The first-order chi connectivity index (χ1) is 25.3. The quantitative estimate of drug-likeness (QED) is 0.191. The number of hydrogen-bond acceptors (Lipinski definition) is 3. The first-order valence-corrected chi connectivity index (χ1v) is 17.3.